The van der Waals surface area contributed by atoms with Crippen LogP contribution in [0.2, 0.25) is 0 Å². The summed E-state index contributed by atoms with van der Waals surface area (Å²) in [5.74, 6) is -0.164. The number of unbranched alkanes of at least 4 members (excludes halogenated alkanes) is 69. The Balaban J connectivity index is 2.01. The highest BCUT2D eigenvalue weighted by molar-refractivity contribution is 5.76. The third-order valence-electron chi connectivity index (χ3n) is 21.4. The van der Waals surface area contributed by atoms with E-state index in [-0.39, 0.29) is 12.5 Å². The van der Waals surface area contributed by atoms with Crippen molar-refractivity contribution >= 4 is 5.91 Å². The summed E-state index contributed by atoms with van der Waals surface area (Å²) in [4.78, 5) is 13.2. The second kappa shape index (κ2) is 75.6. The van der Waals surface area contributed by atoms with Crippen molar-refractivity contribution in [2.24, 2.45) is 0 Å². The molecule has 0 aromatic heterocycles. The van der Waals surface area contributed by atoms with Gasteiger partial charge in [0, 0.05) is 6.42 Å². The first-order chi connectivity index (χ1) is 46.8. The maximum atomic E-state index is 13.2. The fourth-order valence-electron chi connectivity index (χ4n) is 14.6. The molecule has 1 aliphatic rings. The normalized spacial score (nSPS) is 17.4. The van der Waals surface area contributed by atoms with Gasteiger partial charge < -0.3 is 40.3 Å². The number of carbonyl (C=O) groups excluding carboxylic acids is 1. The molecule has 1 saturated heterocycles. The largest absolute Gasteiger partial charge is 0.394 e. The molecule has 0 aliphatic carbocycles. The van der Waals surface area contributed by atoms with Gasteiger partial charge in [-0.05, 0) is 19.3 Å². The maximum Gasteiger partial charge on any atom is 0.220 e. The van der Waals surface area contributed by atoms with Crippen molar-refractivity contribution in [1.29, 1.82) is 0 Å². The molecular weight excluding hydrogens is 1170 g/mol. The van der Waals surface area contributed by atoms with Crippen LogP contribution >= 0.6 is 0 Å². The molecule has 9 heteroatoms. The van der Waals surface area contributed by atoms with Crippen LogP contribution in [0.5, 0.6) is 0 Å². The van der Waals surface area contributed by atoms with Gasteiger partial charge >= 0.3 is 0 Å². The van der Waals surface area contributed by atoms with Crippen molar-refractivity contribution in [2.75, 3.05) is 13.2 Å². The lowest BCUT2D eigenvalue weighted by molar-refractivity contribution is -0.302. The van der Waals surface area contributed by atoms with Crippen molar-refractivity contribution in [3.63, 3.8) is 0 Å². The van der Waals surface area contributed by atoms with Crippen molar-refractivity contribution < 1.29 is 39.8 Å². The Morgan fingerprint density at radius 2 is 0.579 bits per heavy atom. The molecule has 7 unspecified atom stereocenters. The van der Waals surface area contributed by atoms with Crippen LogP contribution in [0, 0.1) is 0 Å². The standard InChI is InChI=1S/C86H169NO8/c1-3-5-7-9-11-13-15-17-19-21-23-25-27-29-31-33-35-36-37-38-39-40-41-42-43-44-46-48-50-52-54-56-58-60-62-64-66-68-70-72-74-76-82(90)87-79(78-94-86-85(93)84(92)83(91)81(77-88)95-86)80(89)75-73-71-69-67-65-63-61-59-57-55-53-51-49-47-45-34-32-30-28-26-24-22-20-18-16-14-12-10-8-6-4-2/h73,75,79-81,83-86,88-89,91-93H,3-72,74,76-78H2,1-2H3,(H,87,90)/b75-73+. The van der Waals surface area contributed by atoms with Crippen LogP contribution in [0.3, 0.4) is 0 Å². The number of aliphatic hydroxyl groups excluding tert-OH is 5. The van der Waals surface area contributed by atoms with Crippen molar-refractivity contribution in [2.45, 2.75) is 519 Å². The monoisotopic (exact) mass is 1340 g/mol. The van der Waals surface area contributed by atoms with Gasteiger partial charge in [0.05, 0.1) is 25.4 Å². The summed E-state index contributed by atoms with van der Waals surface area (Å²) in [6.45, 7) is 3.86. The van der Waals surface area contributed by atoms with Gasteiger partial charge in [-0.1, -0.05) is 463 Å². The number of aliphatic hydroxyl groups is 5. The Bertz CT molecular complexity index is 1510. The maximum absolute atomic E-state index is 13.2. The van der Waals surface area contributed by atoms with Gasteiger partial charge in [0.2, 0.25) is 5.91 Å². The minimum absolute atomic E-state index is 0.164. The van der Waals surface area contributed by atoms with Crippen LogP contribution in [0.25, 0.3) is 0 Å². The van der Waals surface area contributed by atoms with Crippen molar-refractivity contribution in [1.82, 2.24) is 5.32 Å². The fraction of sp³-hybridized carbons (Fsp3) is 0.965. The minimum Gasteiger partial charge on any atom is -0.394 e. The average Bonchev–Trinajstić information content (AvgIpc) is 0.841. The number of carbonyl (C=O) groups is 1. The summed E-state index contributed by atoms with van der Waals surface area (Å²) in [7, 11) is 0. The van der Waals surface area contributed by atoms with Crippen molar-refractivity contribution in [3.8, 4) is 0 Å². The van der Waals surface area contributed by atoms with E-state index in [1.165, 1.54) is 417 Å². The number of rotatable bonds is 79. The van der Waals surface area contributed by atoms with E-state index in [0.717, 1.165) is 38.5 Å². The third kappa shape index (κ3) is 63.6. The molecule has 1 rings (SSSR count). The molecule has 0 saturated carbocycles. The summed E-state index contributed by atoms with van der Waals surface area (Å²) in [6.07, 6.45) is 94.1. The van der Waals surface area contributed by atoms with E-state index in [4.69, 9.17) is 9.47 Å². The highest BCUT2D eigenvalue weighted by Gasteiger charge is 2.44. The van der Waals surface area contributed by atoms with E-state index in [1.54, 1.807) is 6.08 Å². The van der Waals surface area contributed by atoms with Crippen LogP contribution in [0.15, 0.2) is 12.2 Å². The first-order valence-corrected chi connectivity index (χ1v) is 43.4. The molecule has 7 atom stereocenters. The van der Waals surface area contributed by atoms with Crippen LogP contribution in [0.1, 0.15) is 476 Å². The van der Waals surface area contributed by atoms with E-state index in [9.17, 15) is 30.3 Å². The van der Waals surface area contributed by atoms with E-state index in [2.05, 4.69) is 19.2 Å². The predicted molar refractivity (Wildman–Crippen MR) is 411 cm³/mol. The van der Waals surface area contributed by atoms with E-state index < -0.39 is 49.5 Å². The van der Waals surface area contributed by atoms with Crippen LogP contribution in [0.4, 0.5) is 0 Å². The first kappa shape index (κ1) is 91.9. The zero-order valence-electron chi connectivity index (χ0n) is 64.0. The smallest absolute Gasteiger partial charge is 0.220 e. The molecule has 0 aromatic carbocycles. The Morgan fingerprint density at radius 1 is 0.347 bits per heavy atom. The summed E-state index contributed by atoms with van der Waals surface area (Å²) >= 11 is 0. The number of amides is 1. The fourth-order valence-corrected chi connectivity index (χ4v) is 14.6. The number of hydrogen-bond acceptors (Lipinski definition) is 8. The molecule has 9 nitrogen and oxygen atoms in total. The molecule has 0 bridgehead atoms. The number of allylic oxidation sites excluding steroid dienone is 1. The van der Waals surface area contributed by atoms with E-state index in [0.29, 0.717) is 6.42 Å². The van der Waals surface area contributed by atoms with Crippen LogP contribution in [-0.2, 0) is 14.3 Å². The van der Waals surface area contributed by atoms with E-state index in [1.807, 2.05) is 6.08 Å². The summed E-state index contributed by atoms with van der Waals surface area (Å²) in [5, 5.41) is 55.0. The minimum atomic E-state index is -1.57. The molecule has 6 N–H and O–H groups in total. The molecule has 1 fully saturated rings. The highest BCUT2D eigenvalue weighted by atomic mass is 16.7. The Morgan fingerprint density at radius 3 is 0.821 bits per heavy atom. The molecular formula is C86H169NO8. The lowest BCUT2D eigenvalue weighted by Crippen LogP contribution is -2.60. The molecule has 1 amide bonds. The van der Waals surface area contributed by atoms with Gasteiger partial charge in [0.15, 0.2) is 6.29 Å². The topological polar surface area (TPSA) is 149 Å². The SMILES string of the molecule is CCCCCCCCCCCCCCCCCCCCCCCCCCCCCCC/C=C/C(O)C(COC1OC(CO)C(O)C(O)C1O)NC(=O)CCCCCCCCCCCCCCCCCCCCCCCCCCCCCCCCCCCCCCCCCCC. The molecule has 0 spiro atoms. The van der Waals surface area contributed by atoms with Gasteiger partial charge in [0.1, 0.15) is 24.4 Å². The Kier molecular flexibility index (Phi) is 73.2. The lowest BCUT2D eigenvalue weighted by Gasteiger charge is -2.40. The van der Waals surface area contributed by atoms with Crippen molar-refractivity contribution in [3.05, 3.63) is 12.2 Å². The number of ether oxygens (including phenoxy) is 2. The van der Waals surface area contributed by atoms with E-state index >= 15 is 0 Å². The van der Waals surface area contributed by atoms with Crippen LogP contribution < -0.4 is 5.32 Å². The zero-order chi connectivity index (χ0) is 68.5. The molecule has 0 aromatic rings. The summed E-state index contributed by atoms with van der Waals surface area (Å²) in [6, 6.07) is -0.804. The quantitative estimate of drug-likeness (QED) is 0.0261. The van der Waals surface area contributed by atoms with Gasteiger partial charge in [-0.25, -0.2) is 0 Å². The lowest BCUT2D eigenvalue weighted by atomic mass is 9.99. The molecule has 1 heterocycles. The highest BCUT2D eigenvalue weighted by Crippen LogP contribution is 2.25. The first-order valence-electron chi connectivity index (χ1n) is 43.4. The van der Waals surface area contributed by atoms with Gasteiger partial charge in [0.25, 0.3) is 0 Å². The molecule has 1 aliphatic heterocycles. The molecule has 0 radical (unpaired) electrons. The number of hydrogen-bond donors (Lipinski definition) is 6. The van der Waals surface area contributed by atoms with Crippen LogP contribution in [-0.4, -0.2) is 87.5 Å². The molecule has 566 valence electrons. The van der Waals surface area contributed by atoms with Gasteiger partial charge in [-0.15, -0.1) is 0 Å². The second-order valence-corrected chi connectivity index (χ2v) is 30.7. The zero-order valence-corrected chi connectivity index (χ0v) is 64.0. The third-order valence-corrected chi connectivity index (χ3v) is 21.4. The Labute approximate surface area is 592 Å². The average molecular weight is 1350 g/mol. The summed E-state index contributed by atoms with van der Waals surface area (Å²) in [5.41, 5.74) is 0. The number of nitrogens with one attached hydrogen (secondary N) is 1. The Hall–Kier alpha value is -1.07. The second-order valence-electron chi connectivity index (χ2n) is 30.7. The summed E-state index contributed by atoms with van der Waals surface area (Å²) < 4.78 is 11.4. The van der Waals surface area contributed by atoms with Gasteiger partial charge in [-0.2, -0.15) is 0 Å². The predicted octanol–water partition coefficient (Wildman–Crippen LogP) is 25.3. The molecule has 95 heavy (non-hydrogen) atoms. The van der Waals surface area contributed by atoms with Gasteiger partial charge in [-0.3, -0.25) is 4.79 Å².